The molecular weight excluding hydrogens is 378 g/mol. The van der Waals surface area contributed by atoms with Crippen LogP contribution in [0.1, 0.15) is 32.6 Å². The number of primary amides is 1. The molecule has 2 fully saturated rings. The van der Waals surface area contributed by atoms with E-state index in [4.69, 9.17) is 10.5 Å². The van der Waals surface area contributed by atoms with Gasteiger partial charge in [-0.25, -0.2) is 8.42 Å². The second kappa shape index (κ2) is 8.39. The number of rotatable bonds is 8. The highest BCUT2D eigenvalue weighted by Crippen LogP contribution is 2.42. The standard InChI is InChI=1S/C20H31N3O4S/c1-4-5-19(20(21)24)22(2)18-11-6-14-12-23(13-17(14)18)28(25,26)16-9-7-15(27-3)8-10-16/h7-10,14,17-19H,4-6,11-13H2,1-3H3,(H2,21,24)/t14-,17+,18+,19+/m1/s1. The fourth-order valence-electron chi connectivity index (χ4n) is 4.85. The Hall–Kier alpha value is -1.64. The van der Waals surface area contributed by atoms with Gasteiger partial charge in [0.05, 0.1) is 18.0 Å². The molecule has 1 aliphatic carbocycles. The Labute approximate surface area is 167 Å². The molecule has 0 aromatic heterocycles. The van der Waals surface area contributed by atoms with Gasteiger partial charge < -0.3 is 10.5 Å². The Kier molecular flexibility index (Phi) is 6.31. The lowest BCUT2D eigenvalue weighted by Crippen LogP contribution is -2.49. The lowest BCUT2D eigenvalue weighted by atomic mass is 9.95. The van der Waals surface area contributed by atoms with Crippen molar-refractivity contribution in [1.29, 1.82) is 0 Å². The molecule has 1 saturated heterocycles. The molecule has 1 saturated carbocycles. The molecule has 1 aromatic carbocycles. The van der Waals surface area contributed by atoms with Gasteiger partial charge in [0.15, 0.2) is 0 Å². The number of likely N-dealkylation sites (N-methyl/N-ethyl adjacent to an activating group) is 1. The van der Waals surface area contributed by atoms with Crippen LogP contribution in [0.3, 0.4) is 0 Å². The Morgan fingerprint density at radius 1 is 1.29 bits per heavy atom. The van der Waals surface area contributed by atoms with Gasteiger partial charge in [0.2, 0.25) is 15.9 Å². The van der Waals surface area contributed by atoms with Gasteiger partial charge in [0.1, 0.15) is 5.75 Å². The average molecular weight is 410 g/mol. The van der Waals surface area contributed by atoms with Crippen molar-refractivity contribution < 1.29 is 17.9 Å². The first-order chi connectivity index (χ1) is 13.3. The number of fused-ring (bicyclic) bond motifs is 1. The molecule has 1 aromatic rings. The first-order valence-corrected chi connectivity index (χ1v) is 11.4. The Morgan fingerprint density at radius 2 is 1.96 bits per heavy atom. The average Bonchev–Trinajstić information content (AvgIpc) is 3.26. The number of amides is 1. The highest BCUT2D eigenvalue weighted by atomic mass is 32.2. The predicted octanol–water partition coefficient (Wildman–Crippen LogP) is 1.68. The fraction of sp³-hybridized carbons (Fsp3) is 0.650. The van der Waals surface area contributed by atoms with Crippen LogP contribution in [0.4, 0.5) is 0 Å². The molecule has 2 N–H and O–H groups in total. The summed E-state index contributed by atoms with van der Waals surface area (Å²) in [6.07, 6.45) is 3.58. The van der Waals surface area contributed by atoms with Crippen molar-refractivity contribution in [3.63, 3.8) is 0 Å². The molecule has 156 valence electrons. The molecule has 0 unspecified atom stereocenters. The van der Waals surface area contributed by atoms with Crippen molar-refractivity contribution in [3.8, 4) is 5.75 Å². The molecule has 28 heavy (non-hydrogen) atoms. The molecule has 3 rings (SSSR count). The number of hydrogen-bond acceptors (Lipinski definition) is 5. The van der Waals surface area contributed by atoms with Crippen LogP contribution in [-0.4, -0.2) is 62.9 Å². The third-order valence-corrected chi connectivity index (χ3v) is 8.23. The van der Waals surface area contributed by atoms with Crippen molar-refractivity contribution >= 4 is 15.9 Å². The molecule has 2 aliphatic rings. The van der Waals surface area contributed by atoms with Crippen molar-refractivity contribution in [3.05, 3.63) is 24.3 Å². The van der Waals surface area contributed by atoms with Crippen LogP contribution in [-0.2, 0) is 14.8 Å². The van der Waals surface area contributed by atoms with Crippen LogP contribution in [0.25, 0.3) is 0 Å². The lowest BCUT2D eigenvalue weighted by molar-refractivity contribution is -0.124. The summed E-state index contributed by atoms with van der Waals surface area (Å²) in [5.41, 5.74) is 5.63. The van der Waals surface area contributed by atoms with Crippen molar-refractivity contribution in [2.45, 2.75) is 49.6 Å². The summed E-state index contributed by atoms with van der Waals surface area (Å²) in [5, 5.41) is 0. The van der Waals surface area contributed by atoms with Gasteiger partial charge in [0.25, 0.3) is 0 Å². The summed E-state index contributed by atoms with van der Waals surface area (Å²) in [6.45, 7) is 3.07. The largest absolute Gasteiger partial charge is 0.497 e. The van der Waals surface area contributed by atoms with E-state index in [0.717, 1.165) is 25.7 Å². The monoisotopic (exact) mass is 409 g/mol. The van der Waals surface area contributed by atoms with E-state index in [9.17, 15) is 13.2 Å². The summed E-state index contributed by atoms with van der Waals surface area (Å²) in [5.74, 6) is 0.896. The van der Waals surface area contributed by atoms with Gasteiger partial charge in [-0.2, -0.15) is 4.31 Å². The number of sulfonamides is 1. The fourth-order valence-corrected chi connectivity index (χ4v) is 6.38. The van der Waals surface area contributed by atoms with Crippen LogP contribution >= 0.6 is 0 Å². The Balaban J connectivity index is 1.75. The number of hydrogen-bond donors (Lipinski definition) is 1. The van der Waals surface area contributed by atoms with Crippen LogP contribution in [0.5, 0.6) is 5.75 Å². The van der Waals surface area contributed by atoms with E-state index in [-0.39, 0.29) is 23.9 Å². The number of nitrogens with zero attached hydrogens (tertiary/aromatic N) is 2. The quantitative estimate of drug-likeness (QED) is 0.705. The molecule has 1 amide bonds. The molecule has 7 nitrogen and oxygen atoms in total. The highest BCUT2D eigenvalue weighted by Gasteiger charge is 2.48. The highest BCUT2D eigenvalue weighted by molar-refractivity contribution is 7.89. The lowest BCUT2D eigenvalue weighted by Gasteiger charge is -2.34. The number of carbonyl (C=O) groups is 1. The van der Waals surface area contributed by atoms with E-state index in [2.05, 4.69) is 4.90 Å². The number of methoxy groups -OCH3 is 1. The second-order valence-corrected chi connectivity index (χ2v) is 9.88. The molecule has 0 spiro atoms. The van der Waals surface area contributed by atoms with Crippen molar-refractivity contribution in [2.75, 3.05) is 27.2 Å². The van der Waals surface area contributed by atoms with E-state index in [1.807, 2.05) is 14.0 Å². The zero-order chi connectivity index (χ0) is 20.5. The number of carbonyl (C=O) groups excluding carboxylic acids is 1. The van der Waals surface area contributed by atoms with Crippen molar-refractivity contribution in [1.82, 2.24) is 9.21 Å². The Morgan fingerprint density at radius 3 is 2.54 bits per heavy atom. The summed E-state index contributed by atoms with van der Waals surface area (Å²) in [4.78, 5) is 14.3. The van der Waals surface area contributed by atoms with Crippen molar-refractivity contribution in [2.24, 2.45) is 17.6 Å². The van der Waals surface area contributed by atoms with Crippen LogP contribution < -0.4 is 10.5 Å². The number of ether oxygens (including phenoxy) is 1. The van der Waals surface area contributed by atoms with Crippen LogP contribution in [0.2, 0.25) is 0 Å². The SMILES string of the molecule is CCC[C@@H](C(N)=O)N(C)[C@H]1CC[C@@H]2CN(S(=O)(=O)c3ccc(OC)cc3)C[C@@H]21. The molecule has 8 heteroatoms. The molecule has 1 heterocycles. The second-order valence-electron chi connectivity index (χ2n) is 7.94. The van der Waals surface area contributed by atoms with E-state index in [1.165, 1.54) is 0 Å². The van der Waals surface area contributed by atoms with E-state index in [1.54, 1.807) is 35.7 Å². The summed E-state index contributed by atoms with van der Waals surface area (Å²) < 4.78 is 32.9. The van der Waals surface area contributed by atoms with Crippen LogP contribution in [0.15, 0.2) is 29.2 Å². The van der Waals surface area contributed by atoms with E-state index in [0.29, 0.717) is 29.7 Å². The zero-order valence-electron chi connectivity index (χ0n) is 16.9. The zero-order valence-corrected chi connectivity index (χ0v) is 17.7. The summed E-state index contributed by atoms with van der Waals surface area (Å²) >= 11 is 0. The normalized spacial score (nSPS) is 26.4. The van der Waals surface area contributed by atoms with E-state index < -0.39 is 10.0 Å². The van der Waals surface area contributed by atoms with Crippen LogP contribution in [0, 0.1) is 11.8 Å². The molecule has 1 aliphatic heterocycles. The predicted molar refractivity (Wildman–Crippen MR) is 107 cm³/mol. The minimum Gasteiger partial charge on any atom is -0.497 e. The summed E-state index contributed by atoms with van der Waals surface area (Å²) in [6, 6.07) is 6.42. The molecule has 0 radical (unpaired) electrons. The molecule has 4 atom stereocenters. The molecule has 0 bridgehead atoms. The van der Waals surface area contributed by atoms with Gasteiger partial charge in [-0.1, -0.05) is 13.3 Å². The maximum Gasteiger partial charge on any atom is 0.243 e. The van der Waals surface area contributed by atoms with Gasteiger partial charge in [-0.05, 0) is 62.4 Å². The first kappa shape index (κ1) is 21.1. The minimum atomic E-state index is -3.53. The van der Waals surface area contributed by atoms with Gasteiger partial charge in [0, 0.05) is 19.1 Å². The molecular formula is C20H31N3O4S. The smallest absolute Gasteiger partial charge is 0.243 e. The topological polar surface area (TPSA) is 92.9 Å². The Bertz CT molecular complexity index is 796. The van der Waals surface area contributed by atoms with Gasteiger partial charge >= 0.3 is 0 Å². The minimum absolute atomic E-state index is 0.185. The third kappa shape index (κ3) is 3.90. The number of benzene rings is 1. The van der Waals surface area contributed by atoms with E-state index >= 15 is 0 Å². The first-order valence-electron chi connectivity index (χ1n) is 9.95. The number of nitrogens with two attached hydrogens (primary N) is 1. The third-order valence-electron chi connectivity index (χ3n) is 6.39. The maximum absolute atomic E-state index is 13.1. The maximum atomic E-state index is 13.1. The van der Waals surface area contributed by atoms with Gasteiger partial charge in [-0.3, -0.25) is 9.69 Å². The summed E-state index contributed by atoms with van der Waals surface area (Å²) in [7, 11) is -0.0217. The van der Waals surface area contributed by atoms with Gasteiger partial charge in [-0.15, -0.1) is 0 Å².